The normalized spacial score (nSPS) is 18.9. The van der Waals surface area contributed by atoms with Crippen molar-refractivity contribution in [3.8, 4) is 5.75 Å². The Labute approximate surface area is 206 Å². The Kier molecular flexibility index (Phi) is 6.10. The third-order valence-electron chi connectivity index (χ3n) is 5.27. The second-order valence-corrected chi connectivity index (χ2v) is 9.71. The fraction of sp³-hybridized carbons (Fsp3) is 0.120. The zero-order valence-electron chi connectivity index (χ0n) is 18.0. The number of anilines is 2. The van der Waals surface area contributed by atoms with Crippen LogP contribution in [0, 0.1) is 0 Å². The molecule has 0 saturated carbocycles. The van der Waals surface area contributed by atoms with E-state index in [0.29, 0.717) is 15.1 Å². The van der Waals surface area contributed by atoms with Crippen LogP contribution in [0.25, 0.3) is 0 Å². The first-order chi connectivity index (χ1) is 16.1. The van der Waals surface area contributed by atoms with Crippen LogP contribution in [-0.4, -0.2) is 24.7 Å². The third-order valence-corrected chi connectivity index (χ3v) is 7.86. The lowest BCUT2D eigenvalue weighted by atomic mass is 10.2. The smallest absolute Gasteiger partial charge is 0.274 e. The summed E-state index contributed by atoms with van der Waals surface area (Å²) in [6, 6.07) is 22.9. The molecular weight excluding hydrogens is 474 g/mol. The van der Waals surface area contributed by atoms with Crippen LogP contribution in [0.3, 0.4) is 0 Å². The third kappa shape index (κ3) is 4.12. The molecule has 166 valence electrons. The number of nitrogens with zero attached hydrogens (tertiary/aromatic N) is 3. The maximum Gasteiger partial charge on any atom is 0.274 e. The number of methoxy groups -OCH3 is 1. The highest BCUT2D eigenvalue weighted by Crippen LogP contribution is 2.52. The standard InChI is InChI=1S/C25H20ClN3O2S2/c1-3-28-20-15-19(31-2)13-14-21(20)32-24(28)22-23(30)29(18-7-5-4-6-8-18)25(33-22)27-17-11-9-16(26)10-12-17/h4-15H,3H2,1-2H3/b24-22-,27-25?. The van der Waals surface area contributed by atoms with Gasteiger partial charge in [0.1, 0.15) is 15.7 Å². The van der Waals surface area contributed by atoms with E-state index >= 15 is 0 Å². The highest BCUT2D eigenvalue weighted by Gasteiger charge is 2.40. The van der Waals surface area contributed by atoms with Crippen LogP contribution in [0.4, 0.5) is 17.1 Å². The van der Waals surface area contributed by atoms with Crippen molar-refractivity contribution in [2.45, 2.75) is 11.8 Å². The number of benzene rings is 3. The molecule has 0 aromatic heterocycles. The Hall–Kier alpha value is -2.87. The molecule has 1 saturated heterocycles. The van der Waals surface area contributed by atoms with Gasteiger partial charge in [0.25, 0.3) is 5.91 Å². The molecule has 5 rings (SSSR count). The molecule has 33 heavy (non-hydrogen) atoms. The number of fused-ring (bicyclic) bond motifs is 1. The molecule has 2 aliphatic heterocycles. The molecule has 8 heteroatoms. The summed E-state index contributed by atoms with van der Waals surface area (Å²) in [4.78, 5) is 24.2. The van der Waals surface area contributed by atoms with Crippen molar-refractivity contribution in [2.75, 3.05) is 23.5 Å². The quantitative estimate of drug-likeness (QED) is 0.369. The Morgan fingerprint density at radius 3 is 2.45 bits per heavy atom. The largest absolute Gasteiger partial charge is 0.497 e. The van der Waals surface area contributed by atoms with Crippen LogP contribution in [0.5, 0.6) is 5.75 Å². The van der Waals surface area contributed by atoms with Crippen molar-refractivity contribution in [1.82, 2.24) is 0 Å². The van der Waals surface area contributed by atoms with E-state index in [-0.39, 0.29) is 5.91 Å². The van der Waals surface area contributed by atoms with Crippen LogP contribution >= 0.6 is 35.1 Å². The summed E-state index contributed by atoms with van der Waals surface area (Å²) in [7, 11) is 1.66. The number of carbonyl (C=O) groups is 1. The minimum absolute atomic E-state index is 0.0837. The van der Waals surface area contributed by atoms with Crippen molar-refractivity contribution in [3.63, 3.8) is 0 Å². The number of ether oxygens (including phenoxy) is 1. The van der Waals surface area contributed by atoms with Gasteiger partial charge in [0, 0.05) is 22.5 Å². The van der Waals surface area contributed by atoms with Gasteiger partial charge in [-0.3, -0.25) is 9.69 Å². The van der Waals surface area contributed by atoms with Gasteiger partial charge in [-0.1, -0.05) is 41.6 Å². The van der Waals surface area contributed by atoms with Gasteiger partial charge >= 0.3 is 0 Å². The number of hydrogen-bond acceptors (Lipinski definition) is 6. The predicted molar refractivity (Wildman–Crippen MR) is 139 cm³/mol. The van der Waals surface area contributed by atoms with Crippen LogP contribution in [0.2, 0.25) is 5.02 Å². The number of thioether (sulfide) groups is 2. The topological polar surface area (TPSA) is 45.1 Å². The van der Waals surface area contributed by atoms with Gasteiger partial charge in [0.2, 0.25) is 0 Å². The number of halogens is 1. The van der Waals surface area contributed by atoms with Gasteiger partial charge in [-0.25, -0.2) is 4.99 Å². The Morgan fingerprint density at radius 1 is 1.00 bits per heavy atom. The zero-order chi connectivity index (χ0) is 22.9. The molecular formula is C25H20ClN3O2S2. The highest BCUT2D eigenvalue weighted by atomic mass is 35.5. The summed E-state index contributed by atoms with van der Waals surface area (Å²) >= 11 is 9.04. The second-order valence-electron chi connectivity index (χ2n) is 7.26. The van der Waals surface area contributed by atoms with Crippen molar-refractivity contribution < 1.29 is 9.53 Å². The van der Waals surface area contributed by atoms with Crippen LogP contribution in [0.1, 0.15) is 6.92 Å². The molecule has 0 aliphatic carbocycles. The summed E-state index contributed by atoms with van der Waals surface area (Å²) in [5.74, 6) is 0.708. The lowest BCUT2D eigenvalue weighted by Crippen LogP contribution is -2.29. The van der Waals surface area contributed by atoms with Gasteiger partial charge in [0.15, 0.2) is 5.17 Å². The van der Waals surface area contributed by atoms with Gasteiger partial charge < -0.3 is 9.64 Å². The minimum Gasteiger partial charge on any atom is -0.497 e. The van der Waals surface area contributed by atoms with Gasteiger partial charge in [-0.15, -0.1) is 0 Å². The Bertz CT molecular complexity index is 1280. The zero-order valence-corrected chi connectivity index (χ0v) is 20.4. The SMILES string of the molecule is CCN1/C(=C2/SC(=Nc3ccc(Cl)cc3)N(c3ccccc3)C2=O)Sc2ccc(OC)cc21. The molecule has 0 N–H and O–H groups in total. The molecule has 0 bridgehead atoms. The van der Waals surface area contributed by atoms with E-state index in [1.54, 1.807) is 35.9 Å². The molecule has 3 aromatic carbocycles. The van der Waals surface area contributed by atoms with E-state index in [0.717, 1.165) is 39.3 Å². The van der Waals surface area contributed by atoms with Crippen molar-refractivity contribution in [3.05, 3.63) is 87.8 Å². The van der Waals surface area contributed by atoms with E-state index in [9.17, 15) is 4.79 Å². The first kappa shape index (κ1) is 21.9. The number of carbonyl (C=O) groups excluding carboxylic acids is 1. The number of hydrogen-bond donors (Lipinski definition) is 0. The maximum absolute atomic E-state index is 13.8. The van der Waals surface area contributed by atoms with Crippen LogP contribution in [-0.2, 0) is 4.79 Å². The summed E-state index contributed by atoms with van der Waals surface area (Å²) < 4.78 is 5.42. The molecule has 5 nitrogen and oxygen atoms in total. The molecule has 1 amide bonds. The Balaban J connectivity index is 1.61. The summed E-state index contributed by atoms with van der Waals surface area (Å²) in [5, 5.41) is 2.17. The first-order valence-corrected chi connectivity index (χ1v) is 12.4. The number of amides is 1. The molecule has 2 aliphatic rings. The van der Waals surface area contributed by atoms with Gasteiger partial charge in [0.05, 0.1) is 24.2 Å². The molecule has 0 atom stereocenters. The first-order valence-electron chi connectivity index (χ1n) is 10.4. The fourth-order valence-electron chi connectivity index (χ4n) is 3.68. The molecule has 3 aromatic rings. The van der Waals surface area contributed by atoms with Crippen molar-refractivity contribution in [2.24, 2.45) is 4.99 Å². The molecule has 0 spiro atoms. The monoisotopic (exact) mass is 493 g/mol. The van der Waals surface area contributed by atoms with Crippen molar-refractivity contribution >= 4 is 63.3 Å². The Morgan fingerprint density at radius 2 is 1.76 bits per heavy atom. The number of rotatable bonds is 4. The number of para-hydroxylation sites is 1. The molecule has 0 radical (unpaired) electrons. The molecule has 2 heterocycles. The van der Waals surface area contributed by atoms with E-state index in [2.05, 4.69) is 11.8 Å². The summed E-state index contributed by atoms with van der Waals surface area (Å²) in [5.41, 5.74) is 2.57. The predicted octanol–water partition coefficient (Wildman–Crippen LogP) is 6.92. The van der Waals surface area contributed by atoms with E-state index in [1.165, 1.54) is 11.8 Å². The number of amidine groups is 1. The van der Waals surface area contributed by atoms with Gasteiger partial charge in [-0.2, -0.15) is 0 Å². The lowest BCUT2D eigenvalue weighted by molar-refractivity contribution is -0.113. The van der Waals surface area contributed by atoms with E-state index in [1.807, 2.05) is 60.7 Å². The molecule has 0 unspecified atom stereocenters. The summed E-state index contributed by atoms with van der Waals surface area (Å²) in [6.45, 7) is 2.81. The lowest BCUT2D eigenvalue weighted by Gasteiger charge is -2.19. The fourth-order valence-corrected chi connectivity index (χ4v) is 6.18. The number of aliphatic imine (C=N–C) groups is 1. The van der Waals surface area contributed by atoms with E-state index in [4.69, 9.17) is 21.3 Å². The molecule has 1 fully saturated rings. The average Bonchev–Trinajstić information content (AvgIpc) is 3.37. The summed E-state index contributed by atoms with van der Waals surface area (Å²) in [6.07, 6.45) is 0. The maximum atomic E-state index is 13.8. The van der Waals surface area contributed by atoms with Crippen LogP contribution < -0.4 is 14.5 Å². The van der Waals surface area contributed by atoms with Gasteiger partial charge in [-0.05, 0) is 67.2 Å². The second kappa shape index (κ2) is 9.17. The highest BCUT2D eigenvalue weighted by molar-refractivity contribution is 8.20. The van der Waals surface area contributed by atoms with Crippen LogP contribution in [0.15, 0.2) is 92.6 Å². The minimum atomic E-state index is -0.0837. The average molecular weight is 494 g/mol. The van der Waals surface area contributed by atoms with E-state index < -0.39 is 0 Å². The van der Waals surface area contributed by atoms with Crippen molar-refractivity contribution in [1.29, 1.82) is 0 Å².